The van der Waals surface area contributed by atoms with Crippen LogP contribution in [0.4, 0.5) is 0 Å². The van der Waals surface area contributed by atoms with Crippen LogP contribution in [-0.2, 0) is 0 Å². The summed E-state index contributed by atoms with van der Waals surface area (Å²) in [6, 6.07) is 57.5. The van der Waals surface area contributed by atoms with Gasteiger partial charge in [-0.05, 0) is 75.5 Å². The predicted octanol–water partition coefficient (Wildman–Crippen LogP) is 10.9. The summed E-state index contributed by atoms with van der Waals surface area (Å²) >= 11 is 0. The van der Waals surface area contributed by atoms with Crippen molar-refractivity contribution in [2.45, 2.75) is 0 Å². The summed E-state index contributed by atoms with van der Waals surface area (Å²) in [6.45, 7) is 0. The molecule has 4 aromatic heterocycles. The number of nitrogens with zero attached hydrogens (tertiary/aromatic N) is 6. The first-order chi connectivity index (χ1) is 25.8. The summed E-state index contributed by atoms with van der Waals surface area (Å²) < 4.78 is 0. The third-order valence-corrected chi connectivity index (χ3v) is 9.05. The van der Waals surface area contributed by atoms with Gasteiger partial charge in [0.2, 0.25) is 0 Å². The fourth-order valence-corrected chi connectivity index (χ4v) is 6.54. The van der Waals surface area contributed by atoms with Crippen molar-refractivity contribution in [2.24, 2.45) is 0 Å². The Labute approximate surface area is 301 Å². The molecule has 9 aromatic rings. The molecule has 6 heteroatoms. The molecule has 0 spiro atoms. The Bertz CT molecular complexity index is 2550. The summed E-state index contributed by atoms with van der Waals surface area (Å²) in [4.78, 5) is 29.1. The van der Waals surface area contributed by atoms with E-state index < -0.39 is 0 Å². The molecule has 0 saturated heterocycles. The maximum absolute atomic E-state index is 4.99. The lowest BCUT2D eigenvalue weighted by atomic mass is 9.91. The SMILES string of the molecule is c1ccc(-c2nc(-c3ccccc3)nc(-c3cccc(-c4ccc(-c5cc(-c6ccccn6)nc(-c6ccccn6)c5)c5ccccc45)c3)n2)cc1. The van der Waals surface area contributed by atoms with Crippen molar-refractivity contribution in [3.05, 3.63) is 182 Å². The molecule has 244 valence electrons. The third kappa shape index (κ3) is 6.10. The molecular weight excluding hydrogens is 637 g/mol. The molecule has 0 aliphatic carbocycles. The van der Waals surface area contributed by atoms with Crippen molar-refractivity contribution in [3.8, 4) is 79.2 Å². The molecule has 0 atom stereocenters. The van der Waals surface area contributed by atoms with Crippen LogP contribution in [0.1, 0.15) is 0 Å². The number of fused-ring (bicyclic) bond motifs is 1. The maximum atomic E-state index is 4.99. The Hall–Kier alpha value is -7.18. The van der Waals surface area contributed by atoms with Gasteiger partial charge in [0.05, 0.1) is 22.8 Å². The molecule has 6 nitrogen and oxygen atoms in total. The van der Waals surface area contributed by atoms with Crippen LogP contribution in [0, 0.1) is 0 Å². The molecule has 4 heterocycles. The Morgan fingerprint density at radius 3 is 1.23 bits per heavy atom. The number of benzene rings is 5. The van der Waals surface area contributed by atoms with Crippen molar-refractivity contribution in [2.75, 3.05) is 0 Å². The van der Waals surface area contributed by atoms with E-state index in [4.69, 9.17) is 19.9 Å². The fourth-order valence-electron chi connectivity index (χ4n) is 6.54. The monoisotopic (exact) mass is 666 g/mol. The molecule has 0 aliphatic rings. The zero-order chi connectivity index (χ0) is 34.7. The topological polar surface area (TPSA) is 77.3 Å². The van der Waals surface area contributed by atoms with Gasteiger partial charge in [-0.1, -0.05) is 127 Å². The first kappa shape index (κ1) is 30.8. The Kier molecular flexibility index (Phi) is 8.08. The van der Waals surface area contributed by atoms with Gasteiger partial charge in [0, 0.05) is 29.1 Å². The first-order valence-corrected chi connectivity index (χ1v) is 17.1. The third-order valence-electron chi connectivity index (χ3n) is 9.05. The minimum absolute atomic E-state index is 0.622. The molecule has 0 aliphatic heterocycles. The van der Waals surface area contributed by atoms with Gasteiger partial charge in [0.15, 0.2) is 17.5 Å². The van der Waals surface area contributed by atoms with Crippen molar-refractivity contribution in [1.29, 1.82) is 0 Å². The van der Waals surface area contributed by atoms with Crippen molar-refractivity contribution < 1.29 is 0 Å². The molecule has 9 rings (SSSR count). The predicted molar refractivity (Wildman–Crippen MR) is 209 cm³/mol. The van der Waals surface area contributed by atoms with E-state index in [0.29, 0.717) is 17.5 Å². The minimum Gasteiger partial charge on any atom is -0.255 e. The van der Waals surface area contributed by atoms with Gasteiger partial charge in [0.25, 0.3) is 0 Å². The van der Waals surface area contributed by atoms with Gasteiger partial charge >= 0.3 is 0 Å². The number of hydrogen-bond donors (Lipinski definition) is 0. The minimum atomic E-state index is 0.622. The summed E-state index contributed by atoms with van der Waals surface area (Å²) in [7, 11) is 0. The van der Waals surface area contributed by atoms with Crippen LogP contribution >= 0.6 is 0 Å². The lowest BCUT2D eigenvalue weighted by Gasteiger charge is -2.15. The van der Waals surface area contributed by atoms with Crippen LogP contribution in [0.5, 0.6) is 0 Å². The normalized spacial score (nSPS) is 11.1. The quantitative estimate of drug-likeness (QED) is 0.168. The molecular formula is C46H30N6. The number of rotatable bonds is 7. The highest BCUT2D eigenvalue weighted by atomic mass is 15.0. The van der Waals surface area contributed by atoms with Gasteiger partial charge in [0.1, 0.15) is 0 Å². The summed E-state index contributed by atoms with van der Waals surface area (Å²) in [5.41, 5.74) is 10.3. The molecule has 52 heavy (non-hydrogen) atoms. The smallest absolute Gasteiger partial charge is 0.164 e. The second-order valence-electron chi connectivity index (χ2n) is 12.4. The van der Waals surface area contributed by atoms with Gasteiger partial charge in [-0.15, -0.1) is 0 Å². The molecule has 0 N–H and O–H groups in total. The van der Waals surface area contributed by atoms with Gasteiger partial charge in [-0.25, -0.2) is 19.9 Å². The zero-order valence-electron chi connectivity index (χ0n) is 28.0. The molecule has 0 bridgehead atoms. The van der Waals surface area contributed by atoms with E-state index in [2.05, 4.69) is 82.8 Å². The lowest BCUT2D eigenvalue weighted by Crippen LogP contribution is -2.00. The highest BCUT2D eigenvalue weighted by Crippen LogP contribution is 2.38. The van der Waals surface area contributed by atoms with Gasteiger partial charge < -0.3 is 0 Å². The maximum Gasteiger partial charge on any atom is 0.164 e. The van der Waals surface area contributed by atoms with Crippen molar-refractivity contribution in [3.63, 3.8) is 0 Å². The standard InChI is InChI=1S/C46H30N6/c1-3-14-31(15-4-1)44-50-45(32-16-5-2-6-17-32)52-46(51-44)34-19-13-18-33(28-34)36-24-25-37(39-21-8-7-20-38(36)39)35-29-42(40-22-9-11-26-47-40)49-43(30-35)41-23-10-12-27-48-41/h1-30H. The van der Waals surface area contributed by atoms with Gasteiger partial charge in [-0.3, -0.25) is 9.97 Å². The molecule has 0 amide bonds. The number of pyridine rings is 3. The zero-order valence-corrected chi connectivity index (χ0v) is 28.0. The first-order valence-electron chi connectivity index (χ1n) is 17.1. The van der Waals surface area contributed by atoms with E-state index in [1.807, 2.05) is 97.1 Å². The Balaban J connectivity index is 1.17. The van der Waals surface area contributed by atoms with E-state index in [0.717, 1.165) is 72.5 Å². The molecule has 5 aromatic carbocycles. The number of aromatic nitrogens is 6. The van der Waals surface area contributed by atoms with Crippen LogP contribution in [0.3, 0.4) is 0 Å². The highest BCUT2D eigenvalue weighted by molar-refractivity contribution is 6.05. The largest absolute Gasteiger partial charge is 0.255 e. The average Bonchev–Trinajstić information content (AvgIpc) is 3.24. The highest BCUT2D eigenvalue weighted by Gasteiger charge is 2.16. The van der Waals surface area contributed by atoms with Crippen LogP contribution in [-0.4, -0.2) is 29.9 Å². The van der Waals surface area contributed by atoms with Crippen LogP contribution in [0.15, 0.2) is 182 Å². The Morgan fingerprint density at radius 2 is 0.712 bits per heavy atom. The molecule has 0 unspecified atom stereocenters. The van der Waals surface area contributed by atoms with Crippen LogP contribution in [0.25, 0.3) is 90.0 Å². The van der Waals surface area contributed by atoms with E-state index >= 15 is 0 Å². The summed E-state index contributed by atoms with van der Waals surface area (Å²) in [6.07, 6.45) is 3.59. The van der Waals surface area contributed by atoms with Crippen molar-refractivity contribution in [1.82, 2.24) is 29.9 Å². The molecule has 0 saturated carbocycles. The van der Waals surface area contributed by atoms with Gasteiger partial charge in [-0.2, -0.15) is 0 Å². The van der Waals surface area contributed by atoms with E-state index in [1.165, 1.54) is 0 Å². The number of hydrogen-bond acceptors (Lipinski definition) is 6. The van der Waals surface area contributed by atoms with Crippen molar-refractivity contribution >= 4 is 10.8 Å². The van der Waals surface area contributed by atoms with E-state index in [1.54, 1.807) is 12.4 Å². The van der Waals surface area contributed by atoms with Crippen LogP contribution < -0.4 is 0 Å². The molecule has 0 radical (unpaired) electrons. The van der Waals surface area contributed by atoms with E-state index in [9.17, 15) is 0 Å². The fraction of sp³-hybridized carbons (Fsp3) is 0. The average molecular weight is 667 g/mol. The van der Waals surface area contributed by atoms with Crippen LogP contribution in [0.2, 0.25) is 0 Å². The second kappa shape index (κ2) is 13.6. The summed E-state index contributed by atoms with van der Waals surface area (Å²) in [5.74, 6) is 1.89. The Morgan fingerprint density at radius 1 is 0.269 bits per heavy atom. The summed E-state index contributed by atoms with van der Waals surface area (Å²) in [5, 5.41) is 2.27. The van der Waals surface area contributed by atoms with E-state index in [-0.39, 0.29) is 0 Å². The lowest BCUT2D eigenvalue weighted by molar-refractivity contribution is 1.07. The second-order valence-corrected chi connectivity index (χ2v) is 12.4. The molecule has 0 fully saturated rings.